The zero-order valence-electron chi connectivity index (χ0n) is 10.8. The molecule has 2 atom stereocenters. The van der Waals surface area contributed by atoms with Gasteiger partial charge in [0.1, 0.15) is 0 Å². The summed E-state index contributed by atoms with van der Waals surface area (Å²) >= 11 is 0. The summed E-state index contributed by atoms with van der Waals surface area (Å²) in [6.45, 7) is 5.87. The molecule has 2 rings (SSSR count). The van der Waals surface area contributed by atoms with Crippen LogP contribution in [-0.2, 0) is 11.3 Å². The third-order valence-corrected chi connectivity index (χ3v) is 3.29. The average molecular weight is 237 g/mol. The molecule has 0 aromatic carbocycles. The van der Waals surface area contributed by atoms with E-state index in [2.05, 4.69) is 18.2 Å². The highest BCUT2D eigenvalue weighted by Crippen LogP contribution is 2.39. The SMILES string of the molecule is CCCn1cc(C(N)C(OCC)C2CC2)cn1. The second-order valence-electron chi connectivity index (χ2n) is 4.82. The van der Waals surface area contributed by atoms with Gasteiger partial charge in [0.05, 0.1) is 18.3 Å². The second-order valence-corrected chi connectivity index (χ2v) is 4.82. The van der Waals surface area contributed by atoms with Crippen molar-refractivity contribution in [2.75, 3.05) is 6.61 Å². The molecule has 0 saturated heterocycles. The van der Waals surface area contributed by atoms with Gasteiger partial charge in [-0.15, -0.1) is 0 Å². The molecule has 0 radical (unpaired) electrons. The summed E-state index contributed by atoms with van der Waals surface area (Å²) in [5.74, 6) is 0.652. The van der Waals surface area contributed by atoms with Crippen molar-refractivity contribution in [2.24, 2.45) is 11.7 Å². The van der Waals surface area contributed by atoms with Crippen LogP contribution in [0.15, 0.2) is 12.4 Å². The van der Waals surface area contributed by atoms with Gasteiger partial charge in [-0.25, -0.2) is 0 Å². The number of rotatable bonds is 7. The van der Waals surface area contributed by atoms with Crippen LogP contribution < -0.4 is 5.73 Å². The molecule has 1 heterocycles. The van der Waals surface area contributed by atoms with Gasteiger partial charge in [-0.3, -0.25) is 4.68 Å². The van der Waals surface area contributed by atoms with Gasteiger partial charge in [0.15, 0.2) is 0 Å². The molecule has 1 aliphatic rings. The van der Waals surface area contributed by atoms with Crippen LogP contribution in [0.5, 0.6) is 0 Å². The van der Waals surface area contributed by atoms with E-state index in [9.17, 15) is 0 Å². The number of aryl methyl sites for hydroxylation is 1. The minimum atomic E-state index is -0.0342. The van der Waals surface area contributed by atoms with Crippen LogP contribution in [0, 0.1) is 5.92 Å². The van der Waals surface area contributed by atoms with Gasteiger partial charge in [0.2, 0.25) is 0 Å². The summed E-state index contributed by atoms with van der Waals surface area (Å²) < 4.78 is 7.75. The first kappa shape index (κ1) is 12.6. The van der Waals surface area contributed by atoms with Gasteiger partial charge < -0.3 is 10.5 Å². The van der Waals surface area contributed by atoms with Crippen LogP contribution >= 0.6 is 0 Å². The molecule has 1 aromatic heterocycles. The highest BCUT2D eigenvalue weighted by Gasteiger charge is 2.36. The van der Waals surface area contributed by atoms with Gasteiger partial charge in [0, 0.05) is 24.9 Å². The molecule has 1 aromatic rings. The molecule has 0 amide bonds. The topological polar surface area (TPSA) is 53.1 Å². The molecule has 1 fully saturated rings. The molecule has 96 valence electrons. The lowest BCUT2D eigenvalue weighted by Gasteiger charge is -2.22. The standard InChI is InChI=1S/C13H23N3O/c1-3-7-16-9-11(8-15-16)12(14)13(17-4-2)10-5-6-10/h8-10,12-13H,3-7,14H2,1-2H3. The zero-order valence-corrected chi connectivity index (χ0v) is 10.8. The quantitative estimate of drug-likeness (QED) is 0.790. The van der Waals surface area contributed by atoms with E-state index >= 15 is 0 Å². The first-order chi connectivity index (χ1) is 8.26. The average Bonchev–Trinajstić information content (AvgIpc) is 3.06. The minimum Gasteiger partial charge on any atom is -0.376 e. The summed E-state index contributed by atoms with van der Waals surface area (Å²) in [5.41, 5.74) is 7.40. The lowest BCUT2D eigenvalue weighted by atomic mass is 10.0. The van der Waals surface area contributed by atoms with Crippen LogP contribution in [0.2, 0.25) is 0 Å². The lowest BCUT2D eigenvalue weighted by Crippen LogP contribution is -2.30. The van der Waals surface area contributed by atoms with Crippen molar-refractivity contribution in [1.29, 1.82) is 0 Å². The zero-order chi connectivity index (χ0) is 12.3. The van der Waals surface area contributed by atoms with Gasteiger partial charge >= 0.3 is 0 Å². The summed E-state index contributed by atoms with van der Waals surface area (Å²) in [6, 6.07) is -0.0342. The minimum absolute atomic E-state index is 0.0342. The van der Waals surface area contributed by atoms with Crippen LogP contribution in [0.25, 0.3) is 0 Å². The maximum atomic E-state index is 6.30. The first-order valence-electron chi connectivity index (χ1n) is 6.65. The molecular formula is C13H23N3O. The van der Waals surface area contributed by atoms with Crippen molar-refractivity contribution >= 4 is 0 Å². The van der Waals surface area contributed by atoms with Crippen LogP contribution in [-0.4, -0.2) is 22.5 Å². The van der Waals surface area contributed by atoms with Crippen LogP contribution in [0.4, 0.5) is 0 Å². The molecule has 4 heteroatoms. The Bertz CT molecular complexity index is 346. The summed E-state index contributed by atoms with van der Waals surface area (Å²) in [6.07, 6.45) is 7.70. The third kappa shape index (κ3) is 3.07. The van der Waals surface area contributed by atoms with Crippen molar-refractivity contribution in [3.63, 3.8) is 0 Å². The van der Waals surface area contributed by atoms with Crippen molar-refractivity contribution in [1.82, 2.24) is 9.78 Å². The molecule has 1 aliphatic carbocycles. The van der Waals surface area contributed by atoms with E-state index in [-0.39, 0.29) is 12.1 Å². The van der Waals surface area contributed by atoms with E-state index in [1.54, 1.807) is 0 Å². The van der Waals surface area contributed by atoms with Gasteiger partial charge in [0.25, 0.3) is 0 Å². The largest absolute Gasteiger partial charge is 0.376 e. The second kappa shape index (κ2) is 5.65. The molecule has 17 heavy (non-hydrogen) atoms. The normalized spacial score (nSPS) is 19.2. The Morgan fingerprint density at radius 2 is 2.29 bits per heavy atom. The Morgan fingerprint density at radius 1 is 1.53 bits per heavy atom. The molecular weight excluding hydrogens is 214 g/mol. The van der Waals surface area contributed by atoms with Gasteiger partial charge in [-0.05, 0) is 32.1 Å². The van der Waals surface area contributed by atoms with E-state index < -0.39 is 0 Å². The Hall–Kier alpha value is -0.870. The summed E-state index contributed by atoms with van der Waals surface area (Å²) in [5, 5.41) is 4.33. The molecule has 1 saturated carbocycles. The number of nitrogens with two attached hydrogens (primary N) is 1. The summed E-state index contributed by atoms with van der Waals surface area (Å²) in [4.78, 5) is 0. The Kier molecular flexibility index (Phi) is 4.18. The summed E-state index contributed by atoms with van der Waals surface area (Å²) in [7, 11) is 0. The first-order valence-corrected chi connectivity index (χ1v) is 6.65. The van der Waals surface area contributed by atoms with Crippen molar-refractivity contribution in [3.8, 4) is 0 Å². The molecule has 4 nitrogen and oxygen atoms in total. The Balaban J connectivity index is 2.02. The van der Waals surface area contributed by atoms with E-state index in [1.165, 1.54) is 12.8 Å². The smallest absolute Gasteiger partial charge is 0.0796 e. The van der Waals surface area contributed by atoms with Crippen molar-refractivity contribution in [2.45, 2.75) is 51.8 Å². The predicted octanol–water partition coefficient (Wildman–Crippen LogP) is 2.11. The van der Waals surface area contributed by atoms with E-state index in [4.69, 9.17) is 10.5 Å². The Labute approximate surface area is 103 Å². The lowest BCUT2D eigenvalue weighted by molar-refractivity contribution is 0.0283. The maximum absolute atomic E-state index is 6.30. The molecule has 0 aliphatic heterocycles. The fourth-order valence-corrected chi connectivity index (χ4v) is 2.24. The number of hydrogen-bond acceptors (Lipinski definition) is 3. The molecule has 0 spiro atoms. The number of aromatic nitrogens is 2. The monoisotopic (exact) mass is 237 g/mol. The van der Waals surface area contributed by atoms with Crippen molar-refractivity contribution in [3.05, 3.63) is 18.0 Å². The fourth-order valence-electron chi connectivity index (χ4n) is 2.24. The fraction of sp³-hybridized carbons (Fsp3) is 0.769. The highest BCUT2D eigenvalue weighted by molar-refractivity contribution is 5.13. The van der Waals surface area contributed by atoms with E-state index in [0.717, 1.165) is 25.1 Å². The number of hydrogen-bond donors (Lipinski definition) is 1. The number of ether oxygens (including phenoxy) is 1. The predicted molar refractivity (Wildman–Crippen MR) is 67.6 cm³/mol. The third-order valence-electron chi connectivity index (χ3n) is 3.29. The number of nitrogens with zero attached hydrogens (tertiary/aromatic N) is 2. The van der Waals surface area contributed by atoms with E-state index in [1.807, 2.05) is 17.8 Å². The van der Waals surface area contributed by atoms with E-state index in [0.29, 0.717) is 5.92 Å². The van der Waals surface area contributed by atoms with Crippen LogP contribution in [0.3, 0.4) is 0 Å². The van der Waals surface area contributed by atoms with Crippen molar-refractivity contribution < 1.29 is 4.74 Å². The highest BCUT2D eigenvalue weighted by atomic mass is 16.5. The Morgan fingerprint density at radius 3 is 2.88 bits per heavy atom. The molecule has 2 N–H and O–H groups in total. The maximum Gasteiger partial charge on any atom is 0.0796 e. The molecule has 2 unspecified atom stereocenters. The molecule has 0 bridgehead atoms. The van der Waals surface area contributed by atoms with Crippen LogP contribution in [0.1, 0.15) is 44.7 Å². The van der Waals surface area contributed by atoms with Gasteiger partial charge in [-0.1, -0.05) is 6.92 Å². The van der Waals surface area contributed by atoms with Gasteiger partial charge in [-0.2, -0.15) is 5.10 Å².